The molecule has 0 aliphatic rings. The average Bonchev–Trinajstić information content (AvgIpc) is 2.92. The maximum Gasteiger partial charge on any atom is 0.181 e. The van der Waals surface area contributed by atoms with Crippen LogP contribution in [0.2, 0.25) is 0 Å². The first-order chi connectivity index (χ1) is 10.2. The van der Waals surface area contributed by atoms with E-state index in [1.807, 2.05) is 28.9 Å². The lowest BCUT2D eigenvalue weighted by molar-refractivity contribution is 0.842. The Balaban J connectivity index is 2.11. The molecule has 3 aromatic rings. The molecule has 0 N–H and O–H groups in total. The lowest BCUT2D eigenvalue weighted by Crippen LogP contribution is -2.09. The van der Waals surface area contributed by atoms with E-state index >= 15 is 0 Å². The highest BCUT2D eigenvalue weighted by atomic mass is 79.9. The predicted octanol–water partition coefficient (Wildman–Crippen LogP) is 3.64. The summed E-state index contributed by atoms with van der Waals surface area (Å²) in [6.07, 6.45) is 0. The van der Waals surface area contributed by atoms with Crippen molar-refractivity contribution in [3.8, 4) is 17.1 Å². The van der Waals surface area contributed by atoms with E-state index in [4.69, 9.17) is 0 Å². The molecule has 5 heteroatoms. The Morgan fingerprint density at radius 2 is 1.81 bits per heavy atom. The molecule has 0 fully saturated rings. The molecule has 1 atom stereocenters. The second-order valence-electron chi connectivity index (χ2n) is 4.82. The summed E-state index contributed by atoms with van der Waals surface area (Å²) >= 11 is 3.50. The number of alkyl halides is 1. The van der Waals surface area contributed by atoms with Gasteiger partial charge in [-0.3, -0.25) is 0 Å². The second kappa shape index (κ2) is 6.08. The van der Waals surface area contributed by atoms with E-state index in [1.54, 1.807) is 0 Å². The van der Waals surface area contributed by atoms with Gasteiger partial charge in [0.15, 0.2) is 5.82 Å². The number of hydrogen-bond acceptors (Lipinski definition) is 2. The maximum absolute atomic E-state index is 4.67. The Morgan fingerprint density at radius 3 is 2.48 bits per heavy atom. The molecule has 0 radical (unpaired) electrons. The van der Waals surface area contributed by atoms with Crippen molar-refractivity contribution in [3.05, 3.63) is 59.9 Å². The van der Waals surface area contributed by atoms with Gasteiger partial charge >= 0.3 is 0 Å². The Morgan fingerprint density at radius 1 is 1.10 bits per heavy atom. The molecule has 21 heavy (non-hydrogen) atoms. The molecule has 0 spiro atoms. The summed E-state index contributed by atoms with van der Waals surface area (Å²) in [6.45, 7) is 2.07. The summed E-state index contributed by atoms with van der Waals surface area (Å²) in [5.74, 6) is 1.64. The van der Waals surface area contributed by atoms with Gasteiger partial charge in [0.1, 0.15) is 5.82 Å². The van der Waals surface area contributed by atoms with Crippen LogP contribution in [0.3, 0.4) is 0 Å². The fourth-order valence-electron chi connectivity index (χ4n) is 2.13. The van der Waals surface area contributed by atoms with Crippen LogP contribution in [0.4, 0.5) is 0 Å². The Bertz CT molecular complexity index is 765. The van der Waals surface area contributed by atoms with Crippen molar-refractivity contribution in [2.75, 3.05) is 0 Å². The number of aryl methyl sites for hydroxylation is 1. The van der Waals surface area contributed by atoms with Gasteiger partial charge in [0.05, 0.1) is 11.0 Å². The van der Waals surface area contributed by atoms with Crippen LogP contribution in [0.15, 0.2) is 48.5 Å². The molecule has 1 heterocycles. The lowest BCUT2D eigenvalue weighted by Gasteiger charge is -2.06. The van der Waals surface area contributed by atoms with Gasteiger partial charge in [-0.15, -0.1) is 14.3 Å². The molecule has 1 unspecified atom stereocenters. The zero-order valence-electron chi connectivity index (χ0n) is 11.6. The summed E-state index contributed by atoms with van der Waals surface area (Å²) in [5, 5.41) is 6.43. The molecule has 0 saturated heterocycles. The van der Waals surface area contributed by atoms with Gasteiger partial charge in [-0.25, -0.2) is 9.67 Å². The van der Waals surface area contributed by atoms with Gasteiger partial charge < -0.3 is 0 Å². The van der Waals surface area contributed by atoms with Crippen LogP contribution < -0.4 is 5.30 Å². The molecular weight excluding hydrogens is 345 g/mol. The zero-order chi connectivity index (χ0) is 14.8. The summed E-state index contributed by atoms with van der Waals surface area (Å²) in [7, 11) is 2.74. The molecule has 1 aromatic heterocycles. The number of hydrogen-bond donors (Lipinski definition) is 0. The SMILES string of the molecule is Cc1ccc(-c2nc(CBr)n(-c3ccccc3P)n2)cc1. The predicted molar refractivity (Wildman–Crippen MR) is 93.5 cm³/mol. The van der Waals surface area contributed by atoms with Gasteiger partial charge in [0.2, 0.25) is 0 Å². The first kappa shape index (κ1) is 14.4. The number of halogens is 1. The minimum Gasteiger partial charge on any atom is -0.216 e. The monoisotopic (exact) mass is 359 g/mol. The van der Waals surface area contributed by atoms with Crippen LogP contribution in [0.5, 0.6) is 0 Å². The maximum atomic E-state index is 4.67. The van der Waals surface area contributed by atoms with Crippen LogP contribution >= 0.6 is 25.2 Å². The topological polar surface area (TPSA) is 30.7 Å². The van der Waals surface area contributed by atoms with Crippen molar-refractivity contribution >= 4 is 30.5 Å². The number of nitrogens with zero attached hydrogens (tertiary/aromatic N) is 3. The molecule has 0 bridgehead atoms. The third-order valence-corrected chi connectivity index (χ3v) is 4.26. The van der Waals surface area contributed by atoms with Crippen molar-refractivity contribution in [3.63, 3.8) is 0 Å². The normalized spacial score (nSPS) is 10.8. The molecule has 0 saturated carbocycles. The third kappa shape index (κ3) is 2.92. The van der Waals surface area contributed by atoms with E-state index in [-0.39, 0.29) is 0 Å². The molecule has 0 aliphatic carbocycles. The average molecular weight is 360 g/mol. The summed E-state index contributed by atoms with van der Waals surface area (Å²) in [5.41, 5.74) is 3.29. The van der Waals surface area contributed by atoms with Crippen LogP contribution in [-0.2, 0) is 5.33 Å². The lowest BCUT2D eigenvalue weighted by atomic mass is 10.1. The minimum absolute atomic E-state index is 0.658. The molecular formula is C16H15BrN3P. The van der Waals surface area contributed by atoms with Crippen molar-refractivity contribution in [2.45, 2.75) is 12.3 Å². The smallest absolute Gasteiger partial charge is 0.181 e. The highest BCUT2D eigenvalue weighted by Gasteiger charge is 2.13. The van der Waals surface area contributed by atoms with E-state index in [2.05, 4.69) is 66.4 Å². The van der Waals surface area contributed by atoms with E-state index in [0.29, 0.717) is 5.33 Å². The molecule has 106 valence electrons. The van der Waals surface area contributed by atoms with Crippen LogP contribution in [0, 0.1) is 6.92 Å². The molecule has 0 aliphatic heterocycles. The van der Waals surface area contributed by atoms with E-state index in [0.717, 1.165) is 28.2 Å². The van der Waals surface area contributed by atoms with Gasteiger partial charge in [-0.2, -0.15) is 0 Å². The number of rotatable bonds is 3. The van der Waals surface area contributed by atoms with Crippen molar-refractivity contribution in [2.24, 2.45) is 0 Å². The van der Waals surface area contributed by atoms with E-state index in [9.17, 15) is 0 Å². The van der Waals surface area contributed by atoms with Crippen LogP contribution in [-0.4, -0.2) is 14.8 Å². The quantitative estimate of drug-likeness (QED) is 0.528. The van der Waals surface area contributed by atoms with Crippen molar-refractivity contribution in [1.82, 2.24) is 14.8 Å². The summed E-state index contributed by atoms with van der Waals surface area (Å²) < 4.78 is 1.90. The highest BCUT2D eigenvalue weighted by molar-refractivity contribution is 9.08. The van der Waals surface area contributed by atoms with Gasteiger partial charge in [-0.05, 0) is 18.3 Å². The summed E-state index contributed by atoms with van der Waals surface area (Å²) in [6, 6.07) is 16.4. The molecule has 3 nitrogen and oxygen atoms in total. The van der Waals surface area contributed by atoms with E-state index in [1.165, 1.54) is 5.56 Å². The second-order valence-corrected chi connectivity index (χ2v) is 6.00. The van der Waals surface area contributed by atoms with Crippen LogP contribution in [0.1, 0.15) is 11.4 Å². The van der Waals surface area contributed by atoms with E-state index < -0.39 is 0 Å². The van der Waals surface area contributed by atoms with Crippen molar-refractivity contribution in [1.29, 1.82) is 0 Å². The first-order valence-corrected chi connectivity index (χ1v) is 8.33. The summed E-state index contributed by atoms with van der Waals surface area (Å²) in [4.78, 5) is 4.64. The number of para-hydroxylation sites is 1. The Labute approximate surface area is 134 Å². The Kier molecular flexibility index (Phi) is 4.18. The largest absolute Gasteiger partial charge is 0.216 e. The fraction of sp³-hybridized carbons (Fsp3) is 0.125. The van der Waals surface area contributed by atoms with Gasteiger partial charge in [-0.1, -0.05) is 64.0 Å². The molecule has 0 amide bonds. The minimum atomic E-state index is 0.658. The molecule has 3 rings (SSSR count). The zero-order valence-corrected chi connectivity index (χ0v) is 14.4. The van der Waals surface area contributed by atoms with Gasteiger partial charge in [0.25, 0.3) is 0 Å². The number of aromatic nitrogens is 3. The van der Waals surface area contributed by atoms with Crippen LogP contribution in [0.25, 0.3) is 17.1 Å². The fourth-order valence-corrected chi connectivity index (χ4v) is 2.82. The standard InChI is InChI=1S/C16H15BrN3P/c1-11-6-8-12(9-7-11)16-18-15(10-17)20(19-16)13-4-2-3-5-14(13)21/h2-9H,10,21H2,1H3. The van der Waals surface area contributed by atoms with Gasteiger partial charge in [0, 0.05) is 5.56 Å². The molecule has 2 aromatic carbocycles. The third-order valence-electron chi connectivity index (χ3n) is 3.27. The number of benzene rings is 2. The highest BCUT2D eigenvalue weighted by Crippen LogP contribution is 2.20. The van der Waals surface area contributed by atoms with Crippen molar-refractivity contribution < 1.29 is 0 Å². The first-order valence-electron chi connectivity index (χ1n) is 6.63. The Hall–Kier alpha value is -1.51.